The SMILES string of the molecule is CN(C(=O)N1CC(c2cc(F)ccc2F)=C[C@@]1(C)CO)[C@H]1CCNC[C@H]1F. The fraction of sp³-hybridized carbons (Fsp3) is 0.526. The molecule has 0 saturated carbocycles. The highest BCUT2D eigenvalue weighted by Gasteiger charge is 2.43. The summed E-state index contributed by atoms with van der Waals surface area (Å²) < 4.78 is 42.0. The van der Waals surface area contributed by atoms with Gasteiger partial charge in [-0.2, -0.15) is 0 Å². The second-order valence-electron chi connectivity index (χ2n) is 7.36. The standard InChI is InChI=1S/C19H24F3N3O2/c1-19(11-26)8-12(14-7-13(20)3-4-15(14)21)10-25(19)18(27)24(2)17-5-6-23-9-16(17)22/h3-4,7-8,16-17,23,26H,5-6,9-11H2,1-2H3/t16-,17+,19+/m1/s1. The van der Waals surface area contributed by atoms with E-state index in [4.69, 9.17) is 0 Å². The maximum atomic E-state index is 14.2. The average molecular weight is 383 g/mol. The molecular weight excluding hydrogens is 359 g/mol. The largest absolute Gasteiger partial charge is 0.394 e. The summed E-state index contributed by atoms with van der Waals surface area (Å²) in [6.45, 7) is 2.04. The van der Waals surface area contributed by atoms with Crippen molar-refractivity contribution in [2.24, 2.45) is 0 Å². The zero-order chi connectivity index (χ0) is 19.8. The van der Waals surface area contributed by atoms with E-state index in [1.807, 2.05) is 0 Å². The number of aliphatic hydroxyl groups is 1. The number of nitrogens with one attached hydrogen (secondary N) is 1. The smallest absolute Gasteiger partial charge is 0.321 e. The van der Waals surface area contributed by atoms with Crippen LogP contribution in [-0.2, 0) is 0 Å². The Bertz CT molecular complexity index is 758. The summed E-state index contributed by atoms with van der Waals surface area (Å²) in [6.07, 6.45) is 0.862. The first-order valence-corrected chi connectivity index (χ1v) is 8.94. The molecule has 5 nitrogen and oxygen atoms in total. The molecule has 0 radical (unpaired) electrons. The molecule has 0 bridgehead atoms. The maximum Gasteiger partial charge on any atom is 0.321 e. The second kappa shape index (κ2) is 7.52. The lowest BCUT2D eigenvalue weighted by atomic mass is 10.00. The van der Waals surface area contributed by atoms with E-state index >= 15 is 0 Å². The lowest BCUT2D eigenvalue weighted by molar-refractivity contribution is 0.0671. The van der Waals surface area contributed by atoms with Gasteiger partial charge in [-0.1, -0.05) is 6.08 Å². The first-order chi connectivity index (χ1) is 12.8. The van der Waals surface area contributed by atoms with Crippen LogP contribution in [0.1, 0.15) is 18.9 Å². The number of urea groups is 1. The van der Waals surface area contributed by atoms with Crippen molar-refractivity contribution in [2.75, 3.05) is 33.3 Å². The van der Waals surface area contributed by atoms with E-state index in [2.05, 4.69) is 5.32 Å². The lowest BCUT2D eigenvalue weighted by Crippen LogP contribution is -2.58. The van der Waals surface area contributed by atoms with Gasteiger partial charge in [-0.05, 0) is 43.7 Å². The summed E-state index contributed by atoms with van der Waals surface area (Å²) in [5.41, 5.74) is -0.622. The predicted molar refractivity (Wildman–Crippen MR) is 95.9 cm³/mol. The van der Waals surface area contributed by atoms with Crippen LogP contribution >= 0.6 is 0 Å². The van der Waals surface area contributed by atoms with E-state index in [0.29, 0.717) is 18.5 Å². The molecule has 2 amide bonds. The minimum Gasteiger partial charge on any atom is -0.394 e. The minimum atomic E-state index is -1.19. The number of aliphatic hydroxyl groups excluding tert-OH is 1. The molecule has 2 heterocycles. The van der Waals surface area contributed by atoms with Crippen molar-refractivity contribution < 1.29 is 23.1 Å². The van der Waals surface area contributed by atoms with Crippen LogP contribution in [0.15, 0.2) is 24.3 Å². The summed E-state index contributed by atoms with van der Waals surface area (Å²) in [5, 5.41) is 12.8. The Morgan fingerprint density at radius 1 is 1.44 bits per heavy atom. The van der Waals surface area contributed by atoms with E-state index < -0.39 is 42.0 Å². The fourth-order valence-corrected chi connectivity index (χ4v) is 3.75. The number of amides is 2. The van der Waals surface area contributed by atoms with Crippen LogP contribution in [0.2, 0.25) is 0 Å². The molecule has 0 spiro atoms. The third-order valence-corrected chi connectivity index (χ3v) is 5.43. The van der Waals surface area contributed by atoms with Crippen molar-refractivity contribution in [2.45, 2.75) is 31.1 Å². The first-order valence-electron chi connectivity index (χ1n) is 8.94. The van der Waals surface area contributed by atoms with Crippen LogP contribution in [0, 0.1) is 11.6 Å². The number of hydrogen-bond acceptors (Lipinski definition) is 3. The molecule has 3 rings (SSSR count). The van der Waals surface area contributed by atoms with Crippen LogP contribution in [-0.4, -0.2) is 72.0 Å². The van der Waals surface area contributed by atoms with Gasteiger partial charge in [0.25, 0.3) is 0 Å². The van der Waals surface area contributed by atoms with Crippen molar-refractivity contribution in [1.82, 2.24) is 15.1 Å². The summed E-state index contributed by atoms with van der Waals surface area (Å²) in [5.74, 6) is -1.19. The number of alkyl halides is 1. The molecule has 3 atom stereocenters. The molecule has 0 aromatic heterocycles. The Balaban J connectivity index is 1.86. The Labute approximate surface area is 156 Å². The highest BCUT2D eigenvalue weighted by molar-refractivity contribution is 5.83. The third-order valence-electron chi connectivity index (χ3n) is 5.43. The Morgan fingerprint density at radius 2 is 2.19 bits per heavy atom. The van der Waals surface area contributed by atoms with Gasteiger partial charge in [-0.25, -0.2) is 18.0 Å². The number of piperidine rings is 1. The van der Waals surface area contributed by atoms with E-state index in [1.165, 1.54) is 16.8 Å². The zero-order valence-corrected chi connectivity index (χ0v) is 15.4. The topological polar surface area (TPSA) is 55.8 Å². The molecule has 2 N–H and O–H groups in total. The average Bonchev–Trinajstić information content (AvgIpc) is 3.01. The Morgan fingerprint density at radius 3 is 2.85 bits per heavy atom. The predicted octanol–water partition coefficient (Wildman–Crippen LogP) is 2.17. The number of nitrogens with zero attached hydrogens (tertiary/aromatic N) is 2. The number of carbonyl (C=O) groups is 1. The normalized spacial score (nSPS) is 28.2. The van der Waals surface area contributed by atoms with E-state index in [9.17, 15) is 23.1 Å². The minimum absolute atomic E-state index is 0.00251. The molecule has 0 unspecified atom stereocenters. The quantitative estimate of drug-likeness (QED) is 0.841. The van der Waals surface area contributed by atoms with Gasteiger partial charge >= 0.3 is 6.03 Å². The van der Waals surface area contributed by atoms with Gasteiger partial charge in [0.05, 0.1) is 18.2 Å². The summed E-state index contributed by atoms with van der Waals surface area (Å²) >= 11 is 0. The number of rotatable bonds is 3. The maximum absolute atomic E-state index is 14.2. The zero-order valence-electron chi connectivity index (χ0n) is 15.4. The second-order valence-corrected chi connectivity index (χ2v) is 7.36. The fourth-order valence-electron chi connectivity index (χ4n) is 3.75. The van der Waals surface area contributed by atoms with Crippen LogP contribution in [0.25, 0.3) is 5.57 Å². The summed E-state index contributed by atoms with van der Waals surface area (Å²) in [4.78, 5) is 15.8. The van der Waals surface area contributed by atoms with Crippen LogP contribution in [0.4, 0.5) is 18.0 Å². The number of benzene rings is 1. The lowest BCUT2D eigenvalue weighted by Gasteiger charge is -2.40. The van der Waals surface area contributed by atoms with Gasteiger partial charge < -0.3 is 20.2 Å². The van der Waals surface area contributed by atoms with Crippen molar-refractivity contribution in [3.63, 3.8) is 0 Å². The van der Waals surface area contributed by atoms with Gasteiger partial charge in [0.1, 0.15) is 17.8 Å². The molecule has 2 aliphatic rings. The molecule has 1 aromatic rings. The number of halogens is 3. The van der Waals surface area contributed by atoms with Gasteiger partial charge in [0.15, 0.2) is 0 Å². The van der Waals surface area contributed by atoms with Gasteiger partial charge in [0, 0.05) is 25.7 Å². The molecule has 1 fully saturated rings. The van der Waals surface area contributed by atoms with Gasteiger partial charge in [-0.3, -0.25) is 0 Å². The Hall–Kier alpha value is -2.06. The van der Waals surface area contributed by atoms with Crippen molar-refractivity contribution >= 4 is 11.6 Å². The van der Waals surface area contributed by atoms with Crippen LogP contribution in [0.3, 0.4) is 0 Å². The molecule has 1 saturated heterocycles. The van der Waals surface area contributed by atoms with Crippen molar-refractivity contribution in [3.8, 4) is 0 Å². The molecule has 27 heavy (non-hydrogen) atoms. The molecular formula is C19H24F3N3O2. The third kappa shape index (κ3) is 3.68. The van der Waals surface area contributed by atoms with Gasteiger partial charge in [-0.15, -0.1) is 0 Å². The number of hydrogen-bond donors (Lipinski definition) is 2. The number of carbonyl (C=O) groups excluding carboxylic acids is 1. The molecule has 1 aromatic carbocycles. The summed E-state index contributed by atoms with van der Waals surface area (Å²) in [6, 6.07) is 2.09. The van der Waals surface area contributed by atoms with E-state index in [-0.39, 0.29) is 18.7 Å². The highest BCUT2D eigenvalue weighted by Crippen LogP contribution is 2.35. The van der Waals surface area contributed by atoms with Crippen molar-refractivity contribution in [3.05, 3.63) is 41.5 Å². The van der Waals surface area contributed by atoms with E-state index in [1.54, 1.807) is 13.0 Å². The van der Waals surface area contributed by atoms with Crippen LogP contribution in [0.5, 0.6) is 0 Å². The first kappa shape index (κ1) is 19.7. The van der Waals surface area contributed by atoms with Crippen LogP contribution < -0.4 is 5.32 Å². The molecule has 148 valence electrons. The Kier molecular flexibility index (Phi) is 5.48. The monoisotopic (exact) mass is 383 g/mol. The van der Waals surface area contributed by atoms with E-state index in [0.717, 1.165) is 18.2 Å². The molecule has 0 aliphatic carbocycles. The van der Waals surface area contributed by atoms with Crippen molar-refractivity contribution in [1.29, 1.82) is 0 Å². The molecule has 8 heteroatoms. The highest BCUT2D eigenvalue weighted by atomic mass is 19.1. The van der Waals surface area contributed by atoms with Gasteiger partial charge in [0.2, 0.25) is 0 Å². The summed E-state index contributed by atoms with van der Waals surface area (Å²) in [7, 11) is 1.53. The molecule has 2 aliphatic heterocycles.